The Morgan fingerprint density at radius 1 is 1.18 bits per heavy atom. The van der Waals surface area contributed by atoms with Gasteiger partial charge in [0.25, 0.3) is 0 Å². The maximum Gasteiger partial charge on any atom is 0.250 e. The molecule has 0 fully saturated rings. The molecule has 6 heteroatoms. The van der Waals surface area contributed by atoms with Gasteiger partial charge in [0.15, 0.2) is 0 Å². The minimum Gasteiger partial charge on any atom is -0.366 e. The van der Waals surface area contributed by atoms with E-state index in [1.807, 2.05) is 0 Å². The van der Waals surface area contributed by atoms with Crippen LogP contribution in [0.4, 0.5) is 10.1 Å². The van der Waals surface area contributed by atoms with Gasteiger partial charge in [0.05, 0.1) is 10.6 Å². The Morgan fingerprint density at radius 2 is 1.95 bits per heavy atom. The number of anilines is 1. The van der Waals surface area contributed by atoms with Crippen molar-refractivity contribution in [2.75, 3.05) is 5.32 Å². The Hall–Kier alpha value is -2.40. The van der Waals surface area contributed by atoms with E-state index in [-0.39, 0.29) is 28.7 Å². The first-order chi connectivity index (χ1) is 10.5. The lowest BCUT2D eigenvalue weighted by atomic mass is 10.1. The molecule has 0 aliphatic heterocycles. The highest BCUT2D eigenvalue weighted by Crippen LogP contribution is 2.20. The number of aryl methyl sites for hydroxylation is 1. The van der Waals surface area contributed by atoms with E-state index in [1.165, 1.54) is 24.3 Å². The van der Waals surface area contributed by atoms with E-state index in [0.29, 0.717) is 12.1 Å². The number of primary amides is 1. The summed E-state index contributed by atoms with van der Waals surface area (Å²) in [7, 11) is 0. The summed E-state index contributed by atoms with van der Waals surface area (Å²) in [5, 5.41) is 2.88. The van der Waals surface area contributed by atoms with Crippen LogP contribution >= 0.6 is 11.6 Å². The lowest BCUT2D eigenvalue weighted by molar-refractivity contribution is -0.116. The first-order valence-corrected chi connectivity index (χ1v) is 6.97. The van der Waals surface area contributed by atoms with Gasteiger partial charge in [-0.1, -0.05) is 23.7 Å². The lowest BCUT2D eigenvalue weighted by Gasteiger charge is -2.07. The monoisotopic (exact) mass is 320 g/mol. The highest BCUT2D eigenvalue weighted by Gasteiger charge is 2.09. The molecule has 2 aromatic carbocycles. The Labute approximate surface area is 132 Å². The smallest absolute Gasteiger partial charge is 0.250 e. The summed E-state index contributed by atoms with van der Waals surface area (Å²) >= 11 is 5.83. The number of halogens is 2. The SMILES string of the molecule is NC(=O)c1cc(NC(=O)CCc2cccc(F)c2)ccc1Cl. The van der Waals surface area contributed by atoms with Crippen molar-refractivity contribution in [2.45, 2.75) is 12.8 Å². The van der Waals surface area contributed by atoms with Crippen molar-refractivity contribution in [1.29, 1.82) is 0 Å². The third-order valence-electron chi connectivity index (χ3n) is 3.05. The summed E-state index contributed by atoms with van der Waals surface area (Å²) in [5.41, 5.74) is 6.51. The molecule has 0 aliphatic rings. The Balaban J connectivity index is 1.97. The zero-order valence-corrected chi connectivity index (χ0v) is 12.4. The van der Waals surface area contributed by atoms with Crippen molar-refractivity contribution in [3.8, 4) is 0 Å². The van der Waals surface area contributed by atoms with Gasteiger partial charge in [0, 0.05) is 12.1 Å². The Bertz CT molecular complexity index is 719. The van der Waals surface area contributed by atoms with Gasteiger partial charge >= 0.3 is 0 Å². The first-order valence-electron chi connectivity index (χ1n) is 6.59. The highest BCUT2D eigenvalue weighted by atomic mass is 35.5. The van der Waals surface area contributed by atoms with Gasteiger partial charge in [0.1, 0.15) is 5.82 Å². The summed E-state index contributed by atoms with van der Waals surface area (Å²) < 4.78 is 13.0. The van der Waals surface area contributed by atoms with Gasteiger partial charge in [-0.05, 0) is 42.3 Å². The van der Waals surface area contributed by atoms with Gasteiger partial charge in [0.2, 0.25) is 11.8 Å². The average molecular weight is 321 g/mol. The van der Waals surface area contributed by atoms with Crippen LogP contribution < -0.4 is 11.1 Å². The van der Waals surface area contributed by atoms with Crippen LogP contribution in [0.2, 0.25) is 5.02 Å². The number of carbonyl (C=O) groups excluding carboxylic acids is 2. The van der Waals surface area contributed by atoms with E-state index in [1.54, 1.807) is 18.2 Å². The van der Waals surface area contributed by atoms with Gasteiger partial charge in [-0.15, -0.1) is 0 Å². The normalized spacial score (nSPS) is 10.3. The number of carbonyl (C=O) groups is 2. The molecular weight excluding hydrogens is 307 g/mol. The maximum atomic E-state index is 13.0. The van der Waals surface area contributed by atoms with E-state index in [2.05, 4.69) is 5.32 Å². The topological polar surface area (TPSA) is 72.2 Å². The molecule has 2 aromatic rings. The van der Waals surface area contributed by atoms with Gasteiger partial charge in [-0.3, -0.25) is 9.59 Å². The van der Waals surface area contributed by atoms with Gasteiger partial charge < -0.3 is 11.1 Å². The molecule has 0 unspecified atom stereocenters. The Morgan fingerprint density at radius 3 is 2.64 bits per heavy atom. The molecule has 0 aromatic heterocycles. The number of hydrogen-bond donors (Lipinski definition) is 2. The molecular formula is C16H14ClFN2O2. The van der Waals surface area contributed by atoms with Crippen molar-refractivity contribution in [1.82, 2.24) is 0 Å². The third kappa shape index (κ3) is 4.30. The minimum atomic E-state index is -0.666. The van der Waals surface area contributed by atoms with Crippen molar-refractivity contribution in [2.24, 2.45) is 5.73 Å². The fourth-order valence-electron chi connectivity index (χ4n) is 1.97. The summed E-state index contributed by atoms with van der Waals surface area (Å²) in [6.07, 6.45) is 0.609. The van der Waals surface area contributed by atoms with Crippen molar-refractivity contribution < 1.29 is 14.0 Å². The zero-order valence-electron chi connectivity index (χ0n) is 11.6. The molecule has 3 N–H and O–H groups in total. The second-order valence-corrected chi connectivity index (χ2v) is 5.14. The van der Waals surface area contributed by atoms with E-state index < -0.39 is 5.91 Å². The fraction of sp³-hybridized carbons (Fsp3) is 0.125. The number of amides is 2. The van der Waals surface area contributed by atoms with E-state index in [0.717, 1.165) is 5.56 Å². The van der Waals surface area contributed by atoms with Crippen molar-refractivity contribution in [3.63, 3.8) is 0 Å². The van der Waals surface area contributed by atoms with Crippen LogP contribution in [0.5, 0.6) is 0 Å². The van der Waals surface area contributed by atoms with Gasteiger partial charge in [-0.2, -0.15) is 0 Å². The summed E-state index contributed by atoms with van der Waals surface area (Å²) in [5.74, 6) is -1.25. The van der Waals surface area contributed by atoms with Crippen LogP contribution in [0.15, 0.2) is 42.5 Å². The number of rotatable bonds is 5. The molecule has 22 heavy (non-hydrogen) atoms. The van der Waals surface area contributed by atoms with Gasteiger partial charge in [-0.25, -0.2) is 4.39 Å². The average Bonchev–Trinajstić information content (AvgIpc) is 2.47. The van der Waals surface area contributed by atoms with Crippen LogP contribution in [0.1, 0.15) is 22.3 Å². The number of benzene rings is 2. The zero-order chi connectivity index (χ0) is 16.1. The third-order valence-corrected chi connectivity index (χ3v) is 3.37. The largest absolute Gasteiger partial charge is 0.366 e. The number of nitrogens with one attached hydrogen (secondary N) is 1. The molecule has 114 valence electrons. The molecule has 0 spiro atoms. The second kappa shape index (κ2) is 7.04. The van der Waals surface area contributed by atoms with E-state index in [4.69, 9.17) is 17.3 Å². The van der Waals surface area contributed by atoms with Crippen LogP contribution in [0, 0.1) is 5.82 Å². The maximum absolute atomic E-state index is 13.0. The molecule has 0 atom stereocenters. The first kappa shape index (κ1) is 16.0. The van der Waals surface area contributed by atoms with Crippen LogP contribution in [0.3, 0.4) is 0 Å². The Kier molecular flexibility index (Phi) is 5.12. The van der Waals surface area contributed by atoms with Crippen LogP contribution in [-0.2, 0) is 11.2 Å². The predicted octanol–water partition coefficient (Wildman–Crippen LogP) is 3.15. The number of hydrogen-bond acceptors (Lipinski definition) is 2. The summed E-state index contributed by atoms with van der Waals surface area (Å²) in [6, 6.07) is 10.6. The van der Waals surface area contributed by atoms with Crippen molar-refractivity contribution in [3.05, 3.63) is 64.4 Å². The standard InChI is InChI=1S/C16H14ClFN2O2/c17-14-6-5-12(9-13(14)16(19)22)20-15(21)7-4-10-2-1-3-11(18)8-10/h1-3,5-6,8-9H,4,7H2,(H2,19,22)(H,20,21). The second-order valence-electron chi connectivity index (χ2n) is 4.74. The molecule has 0 radical (unpaired) electrons. The highest BCUT2D eigenvalue weighted by molar-refractivity contribution is 6.33. The molecule has 2 rings (SSSR count). The lowest BCUT2D eigenvalue weighted by Crippen LogP contribution is -2.15. The quantitative estimate of drug-likeness (QED) is 0.888. The predicted molar refractivity (Wildman–Crippen MR) is 83.3 cm³/mol. The molecule has 0 saturated heterocycles. The van der Waals surface area contributed by atoms with Crippen LogP contribution in [0.25, 0.3) is 0 Å². The van der Waals surface area contributed by atoms with E-state index in [9.17, 15) is 14.0 Å². The van der Waals surface area contributed by atoms with E-state index >= 15 is 0 Å². The molecule has 0 heterocycles. The van der Waals surface area contributed by atoms with Crippen LogP contribution in [-0.4, -0.2) is 11.8 Å². The number of nitrogens with two attached hydrogens (primary N) is 1. The summed E-state index contributed by atoms with van der Waals surface area (Å²) in [6.45, 7) is 0. The van der Waals surface area contributed by atoms with Crippen molar-refractivity contribution >= 4 is 29.1 Å². The molecule has 0 bridgehead atoms. The molecule has 2 amide bonds. The molecule has 0 aliphatic carbocycles. The fourth-order valence-corrected chi connectivity index (χ4v) is 2.18. The minimum absolute atomic E-state index is 0.143. The molecule has 0 saturated carbocycles. The molecule has 4 nitrogen and oxygen atoms in total. The summed E-state index contributed by atoms with van der Waals surface area (Å²) in [4.78, 5) is 23.1.